The summed E-state index contributed by atoms with van der Waals surface area (Å²) in [7, 11) is 1.32. The Bertz CT molecular complexity index is 251. The van der Waals surface area contributed by atoms with Crippen LogP contribution >= 0.6 is 0 Å². The van der Waals surface area contributed by atoms with E-state index in [-0.39, 0.29) is 30.8 Å². The van der Waals surface area contributed by atoms with Crippen LogP contribution in [0.25, 0.3) is 0 Å². The lowest BCUT2D eigenvalue weighted by molar-refractivity contribution is -0.142. The van der Waals surface area contributed by atoms with Crippen LogP contribution in [-0.4, -0.2) is 48.2 Å². The van der Waals surface area contributed by atoms with Crippen LogP contribution in [0.3, 0.4) is 0 Å². The number of ether oxygens (including phenoxy) is 1. The number of amides is 1. The molecule has 0 aliphatic rings. The molecule has 17 heavy (non-hydrogen) atoms. The van der Waals surface area contributed by atoms with Gasteiger partial charge in [0.05, 0.1) is 19.6 Å². The van der Waals surface area contributed by atoms with E-state index in [0.29, 0.717) is 13.0 Å². The molecule has 1 amide bonds. The number of methoxy groups -OCH3 is 1. The molecule has 0 fully saturated rings. The summed E-state index contributed by atoms with van der Waals surface area (Å²) < 4.78 is 4.53. The van der Waals surface area contributed by atoms with E-state index in [0.717, 1.165) is 0 Å². The highest BCUT2D eigenvalue weighted by Crippen LogP contribution is 2.06. The number of hydrogen-bond acceptors (Lipinski definition) is 4. The number of hydrogen-bond donors (Lipinski definition) is 1. The second-order valence-corrected chi connectivity index (χ2v) is 4.61. The molecule has 0 bridgehead atoms. The van der Waals surface area contributed by atoms with E-state index in [9.17, 15) is 14.7 Å². The fraction of sp³-hybridized carbons (Fsp3) is 0.833. The highest BCUT2D eigenvalue weighted by atomic mass is 16.5. The Hall–Kier alpha value is -1.10. The molecule has 0 heterocycles. The summed E-state index contributed by atoms with van der Waals surface area (Å²) in [5.74, 6) is -0.125. The van der Waals surface area contributed by atoms with E-state index >= 15 is 0 Å². The molecule has 0 aliphatic heterocycles. The molecular formula is C12H23NO4. The molecule has 0 radical (unpaired) electrons. The first kappa shape index (κ1) is 15.9. The third-order valence-electron chi connectivity index (χ3n) is 2.23. The van der Waals surface area contributed by atoms with E-state index in [1.54, 1.807) is 6.92 Å². The number of nitrogens with zero attached hydrogens (tertiary/aromatic N) is 1. The minimum absolute atomic E-state index is 0.0372. The Morgan fingerprint density at radius 1 is 1.29 bits per heavy atom. The Morgan fingerprint density at radius 3 is 2.29 bits per heavy atom. The summed E-state index contributed by atoms with van der Waals surface area (Å²) in [6.45, 7) is 6.08. The number of aliphatic hydroxyl groups is 1. The van der Waals surface area contributed by atoms with Gasteiger partial charge in [-0.1, -0.05) is 13.8 Å². The zero-order chi connectivity index (χ0) is 13.4. The molecule has 0 saturated heterocycles. The fourth-order valence-electron chi connectivity index (χ4n) is 1.44. The molecule has 5 nitrogen and oxygen atoms in total. The molecule has 0 aromatic rings. The van der Waals surface area contributed by atoms with Crippen molar-refractivity contribution in [2.24, 2.45) is 5.92 Å². The molecule has 1 atom stereocenters. The van der Waals surface area contributed by atoms with Crippen molar-refractivity contribution < 1.29 is 19.4 Å². The molecule has 5 heteroatoms. The predicted molar refractivity (Wildman–Crippen MR) is 64.3 cm³/mol. The van der Waals surface area contributed by atoms with Crippen LogP contribution in [0.1, 0.15) is 33.6 Å². The van der Waals surface area contributed by atoms with Gasteiger partial charge in [0.15, 0.2) is 0 Å². The lowest BCUT2D eigenvalue weighted by Crippen LogP contribution is -2.38. The Labute approximate surface area is 103 Å². The van der Waals surface area contributed by atoms with Gasteiger partial charge >= 0.3 is 5.97 Å². The normalized spacial score (nSPS) is 12.4. The fourth-order valence-corrected chi connectivity index (χ4v) is 1.44. The molecule has 0 aliphatic carbocycles. The summed E-state index contributed by atoms with van der Waals surface area (Å²) in [6, 6.07) is 0. The van der Waals surface area contributed by atoms with Crippen molar-refractivity contribution in [3.8, 4) is 0 Å². The Kier molecular flexibility index (Phi) is 7.54. The van der Waals surface area contributed by atoms with Gasteiger partial charge in [-0.15, -0.1) is 0 Å². The molecule has 1 unspecified atom stereocenters. The molecule has 1 N–H and O–H groups in total. The molecule has 100 valence electrons. The van der Waals surface area contributed by atoms with Crippen LogP contribution in [0.15, 0.2) is 0 Å². The molecule has 0 saturated carbocycles. The minimum atomic E-state index is -0.594. The molecule has 0 aromatic carbocycles. The Balaban J connectivity index is 4.31. The van der Waals surface area contributed by atoms with Crippen LogP contribution in [-0.2, 0) is 14.3 Å². The summed E-state index contributed by atoms with van der Waals surface area (Å²) >= 11 is 0. The average molecular weight is 245 g/mol. The van der Waals surface area contributed by atoms with Crippen molar-refractivity contribution in [3.05, 3.63) is 0 Å². The highest BCUT2D eigenvalue weighted by Gasteiger charge is 2.17. The van der Waals surface area contributed by atoms with Crippen molar-refractivity contribution in [3.63, 3.8) is 0 Å². The molecule has 0 spiro atoms. The van der Waals surface area contributed by atoms with Gasteiger partial charge in [-0.2, -0.15) is 0 Å². The standard InChI is InChI=1S/C12H23NO4/c1-9(2)7-11(15)13(8-10(3)14)6-5-12(16)17-4/h9-10,14H,5-8H2,1-4H3. The van der Waals surface area contributed by atoms with E-state index < -0.39 is 6.10 Å². The zero-order valence-electron chi connectivity index (χ0n) is 11.1. The van der Waals surface area contributed by atoms with E-state index in [2.05, 4.69) is 4.74 Å². The first-order chi connectivity index (χ1) is 7.86. The van der Waals surface area contributed by atoms with Gasteiger partial charge in [-0.25, -0.2) is 0 Å². The van der Waals surface area contributed by atoms with Crippen LogP contribution in [0, 0.1) is 5.92 Å². The number of carbonyl (C=O) groups is 2. The third-order valence-corrected chi connectivity index (χ3v) is 2.23. The van der Waals surface area contributed by atoms with Crippen LogP contribution in [0.4, 0.5) is 0 Å². The van der Waals surface area contributed by atoms with Gasteiger partial charge in [0, 0.05) is 19.5 Å². The van der Waals surface area contributed by atoms with Crippen LogP contribution in [0.2, 0.25) is 0 Å². The average Bonchev–Trinajstić information content (AvgIpc) is 2.21. The lowest BCUT2D eigenvalue weighted by Gasteiger charge is -2.24. The third kappa shape index (κ3) is 7.74. The summed E-state index contributed by atoms with van der Waals surface area (Å²) in [6.07, 6.45) is -0.00947. The van der Waals surface area contributed by atoms with Gasteiger partial charge in [0.1, 0.15) is 0 Å². The molecular weight excluding hydrogens is 222 g/mol. The van der Waals surface area contributed by atoms with Crippen molar-refractivity contribution >= 4 is 11.9 Å². The van der Waals surface area contributed by atoms with Gasteiger partial charge in [0.2, 0.25) is 5.91 Å². The smallest absolute Gasteiger partial charge is 0.307 e. The van der Waals surface area contributed by atoms with E-state index in [1.165, 1.54) is 12.0 Å². The van der Waals surface area contributed by atoms with Crippen molar-refractivity contribution in [2.45, 2.75) is 39.7 Å². The van der Waals surface area contributed by atoms with Crippen molar-refractivity contribution in [2.75, 3.05) is 20.2 Å². The van der Waals surface area contributed by atoms with Crippen molar-refractivity contribution in [1.82, 2.24) is 4.90 Å². The van der Waals surface area contributed by atoms with Crippen LogP contribution in [0.5, 0.6) is 0 Å². The maximum atomic E-state index is 11.9. The summed E-state index contributed by atoms with van der Waals surface area (Å²) in [4.78, 5) is 24.4. The lowest BCUT2D eigenvalue weighted by atomic mass is 10.1. The van der Waals surface area contributed by atoms with Crippen LogP contribution < -0.4 is 0 Å². The number of rotatable bonds is 7. The first-order valence-corrected chi connectivity index (χ1v) is 5.89. The maximum absolute atomic E-state index is 11.9. The largest absolute Gasteiger partial charge is 0.469 e. The molecule has 0 aromatic heterocycles. The van der Waals surface area contributed by atoms with Gasteiger partial charge in [-0.3, -0.25) is 9.59 Å². The summed E-state index contributed by atoms with van der Waals surface area (Å²) in [5, 5.41) is 9.32. The van der Waals surface area contributed by atoms with E-state index in [1.807, 2.05) is 13.8 Å². The Morgan fingerprint density at radius 2 is 1.88 bits per heavy atom. The topological polar surface area (TPSA) is 66.8 Å². The van der Waals surface area contributed by atoms with E-state index in [4.69, 9.17) is 0 Å². The maximum Gasteiger partial charge on any atom is 0.307 e. The number of carbonyl (C=O) groups excluding carboxylic acids is 2. The minimum Gasteiger partial charge on any atom is -0.469 e. The highest BCUT2D eigenvalue weighted by molar-refractivity contribution is 5.77. The second kappa shape index (κ2) is 8.06. The number of esters is 1. The second-order valence-electron chi connectivity index (χ2n) is 4.61. The SMILES string of the molecule is COC(=O)CCN(CC(C)O)C(=O)CC(C)C. The number of aliphatic hydroxyl groups excluding tert-OH is 1. The van der Waals surface area contributed by atoms with Gasteiger partial charge in [-0.05, 0) is 12.8 Å². The summed E-state index contributed by atoms with van der Waals surface area (Å²) in [5.41, 5.74) is 0. The monoisotopic (exact) mass is 245 g/mol. The quantitative estimate of drug-likeness (QED) is 0.674. The predicted octanol–water partition coefficient (Wildman–Crippen LogP) is 0.805. The molecule has 0 rings (SSSR count). The van der Waals surface area contributed by atoms with Crippen molar-refractivity contribution in [1.29, 1.82) is 0 Å². The van der Waals surface area contributed by atoms with Gasteiger partial charge in [0.25, 0.3) is 0 Å². The zero-order valence-corrected chi connectivity index (χ0v) is 11.1. The first-order valence-electron chi connectivity index (χ1n) is 5.89. The van der Waals surface area contributed by atoms with Gasteiger partial charge < -0.3 is 14.7 Å².